The Morgan fingerprint density at radius 2 is 1.75 bits per heavy atom. The smallest absolute Gasteiger partial charge is 0.0212 e. The highest BCUT2D eigenvalue weighted by Crippen LogP contribution is 2.81. The standard InChI is InChI=1S/C8H14/c1-6-4-8(6)5-7(8,2)3/h6H,4-5H2,1-3H3. The summed E-state index contributed by atoms with van der Waals surface area (Å²) in [6, 6.07) is 0. The van der Waals surface area contributed by atoms with Crippen molar-refractivity contribution < 1.29 is 0 Å². The van der Waals surface area contributed by atoms with Crippen LogP contribution in [0, 0.1) is 16.7 Å². The molecule has 0 aromatic rings. The molecule has 2 atom stereocenters. The van der Waals surface area contributed by atoms with Crippen LogP contribution in [0.2, 0.25) is 0 Å². The average molecular weight is 110 g/mol. The van der Waals surface area contributed by atoms with E-state index in [0.717, 1.165) is 16.7 Å². The van der Waals surface area contributed by atoms with E-state index in [1.165, 1.54) is 12.8 Å². The van der Waals surface area contributed by atoms with Gasteiger partial charge in [0.25, 0.3) is 0 Å². The molecule has 0 amide bonds. The van der Waals surface area contributed by atoms with Crippen LogP contribution < -0.4 is 0 Å². The maximum absolute atomic E-state index is 2.40. The first-order chi connectivity index (χ1) is 3.58. The van der Waals surface area contributed by atoms with Crippen molar-refractivity contribution in [1.82, 2.24) is 0 Å². The van der Waals surface area contributed by atoms with Crippen LogP contribution in [0.3, 0.4) is 0 Å². The van der Waals surface area contributed by atoms with Crippen molar-refractivity contribution in [1.29, 1.82) is 0 Å². The number of hydrogen-bond acceptors (Lipinski definition) is 0. The topological polar surface area (TPSA) is 0 Å². The van der Waals surface area contributed by atoms with E-state index in [2.05, 4.69) is 20.8 Å². The maximum atomic E-state index is 2.40. The van der Waals surface area contributed by atoms with Gasteiger partial charge in [-0.1, -0.05) is 20.8 Å². The molecule has 0 aliphatic heterocycles. The van der Waals surface area contributed by atoms with Gasteiger partial charge in [-0.25, -0.2) is 0 Å². The molecule has 0 bridgehead atoms. The molecule has 0 radical (unpaired) electrons. The molecule has 8 heavy (non-hydrogen) atoms. The summed E-state index contributed by atoms with van der Waals surface area (Å²) in [5.41, 5.74) is 1.58. The van der Waals surface area contributed by atoms with Gasteiger partial charge in [-0.05, 0) is 29.6 Å². The zero-order chi connectivity index (χ0) is 5.99. The Hall–Kier alpha value is 0. The third-order valence-corrected chi connectivity index (χ3v) is 3.43. The van der Waals surface area contributed by atoms with E-state index in [1.54, 1.807) is 0 Å². The van der Waals surface area contributed by atoms with Crippen LogP contribution in [0.25, 0.3) is 0 Å². The number of rotatable bonds is 0. The largest absolute Gasteiger partial charge is 0.0619 e. The Morgan fingerprint density at radius 3 is 1.75 bits per heavy atom. The molecule has 2 aliphatic rings. The van der Waals surface area contributed by atoms with Crippen molar-refractivity contribution in [3.63, 3.8) is 0 Å². The summed E-state index contributed by atoms with van der Waals surface area (Å²) in [4.78, 5) is 0. The lowest BCUT2D eigenvalue weighted by atomic mass is 10.1. The van der Waals surface area contributed by atoms with Gasteiger partial charge in [-0.15, -0.1) is 0 Å². The molecule has 0 saturated heterocycles. The molecule has 46 valence electrons. The van der Waals surface area contributed by atoms with Crippen molar-refractivity contribution >= 4 is 0 Å². The Morgan fingerprint density at radius 1 is 1.38 bits per heavy atom. The molecular weight excluding hydrogens is 96.1 g/mol. The number of hydrogen-bond donors (Lipinski definition) is 0. The van der Waals surface area contributed by atoms with Gasteiger partial charge in [-0.3, -0.25) is 0 Å². The van der Waals surface area contributed by atoms with E-state index < -0.39 is 0 Å². The summed E-state index contributed by atoms with van der Waals surface area (Å²) in [7, 11) is 0. The lowest BCUT2D eigenvalue weighted by Crippen LogP contribution is -1.89. The zero-order valence-corrected chi connectivity index (χ0v) is 5.99. The van der Waals surface area contributed by atoms with Crippen molar-refractivity contribution in [2.75, 3.05) is 0 Å². The third-order valence-electron chi connectivity index (χ3n) is 3.43. The minimum absolute atomic E-state index is 0.729. The van der Waals surface area contributed by atoms with Gasteiger partial charge in [0.2, 0.25) is 0 Å². The first-order valence-electron chi connectivity index (χ1n) is 3.58. The van der Waals surface area contributed by atoms with Crippen LogP contribution in [-0.2, 0) is 0 Å². The fourth-order valence-electron chi connectivity index (χ4n) is 2.42. The van der Waals surface area contributed by atoms with Gasteiger partial charge in [-0.2, -0.15) is 0 Å². The molecular formula is C8H14. The molecule has 0 nitrogen and oxygen atoms in total. The summed E-state index contributed by atoms with van der Waals surface area (Å²) >= 11 is 0. The molecule has 0 aromatic heterocycles. The monoisotopic (exact) mass is 110 g/mol. The molecule has 2 unspecified atom stereocenters. The third kappa shape index (κ3) is 0.310. The highest BCUT2D eigenvalue weighted by atomic mass is 14.8. The summed E-state index contributed by atoms with van der Waals surface area (Å²) in [5, 5.41) is 0. The predicted molar refractivity (Wildman–Crippen MR) is 34.6 cm³/mol. The summed E-state index contributed by atoms with van der Waals surface area (Å²) in [6.07, 6.45) is 3.02. The molecule has 1 spiro atoms. The SMILES string of the molecule is CC1CC12CC2(C)C. The van der Waals surface area contributed by atoms with Crippen molar-refractivity contribution in [2.24, 2.45) is 16.7 Å². The molecule has 0 heteroatoms. The van der Waals surface area contributed by atoms with E-state index in [1.807, 2.05) is 0 Å². The molecule has 0 heterocycles. The Balaban J connectivity index is 2.17. The first-order valence-corrected chi connectivity index (χ1v) is 3.58. The van der Waals surface area contributed by atoms with Crippen LogP contribution in [0.1, 0.15) is 33.6 Å². The van der Waals surface area contributed by atoms with Gasteiger partial charge in [0, 0.05) is 0 Å². The predicted octanol–water partition coefficient (Wildman–Crippen LogP) is 2.44. The summed E-state index contributed by atoms with van der Waals surface area (Å²) in [5.74, 6) is 1.05. The van der Waals surface area contributed by atoms with Crippen molar-refractivity contribution in [3.8, 4) is 0 Å². The summed E-state index contributed by atoms with van der Waals surface area (Å²) < 4.78 is 0. The first kappa shape index (κ1) is 4.84. The highest BCUT2D eigenvalue weighted by Gasteiger charge is 2.73. The summed E-state index contributed by atoms with van der Waals surface area (Å²) in [6.45, 7) is 7.18. The second-order valence-corrected chi connectivity index (χ2v) is 4.32. The van der Waals surface area contributed by atoms with Gasteiger partial charge in [0.15, 0.2) is 0 Å². The molecule has 2 fully saturated rings. The Bertz CT molecular complexity index is 135. The lowest BCUT2D eigenvalue weighted by molar-refractivity contribution is 0.526. The second kappa shape index (κ2) is 0.872. The Kier molecular flexibility index (Phi) is 0.527. The van der Waals surface area contributed by atoms with Crippen LogP contribution >= 0.6 is 0 Å². The average Bonchev–Trinajstić information content (AvgIpc) is 2.24. The molecule has 2 rings (SSSR count). The van der Waals surface area contributed by atoms with E-state index in [0.29, 0.717) is 0 Å². The maximum Gasteiger partial charge on any atom is -0.0212 e. The minimum Gasteiger partial charge on any atom is -0.0619 e. The van der Waals surface area contributed by atoms with Crippen LogP contribution in [0.4, 0.5) is 0 Å². The van der Waals surface area contributed by atoms with E-state index in [9.17, 15) is 0 Å². The fourth-order valence-corrected chi connectivity index (χ4v) is 2.42. The normalized spacial score (nSPS) is 56.6. The highest BCUT2D eigenvalue weighted by molar-refractivity contribution is 5.21. The van der Waals surface area contributed by atoms with Crippen LogP contribution in [0.5, 0.6) is 0 Å². The van der Waals surface area contributed by atoms with E-state index >= 15 is 0 Å². The van der Waals surface area contributed by atoms with E-state index in [4.69, 9.17) is 0 Å². The van der Waals surface area contributed by atoms with Crippen molar-refractivity contribution in [2.45, 2.75) is 33.6 Å². The molecule has 2 saturated carbocycles. The lowest BCUT2D eigenvalue weighted by Gasteiger charge is -1.96. The molecule has 0 N–H and O–H groups in total. The Labute approximate surface area is 51.3 Å². The zero-order valence-electron chi connectivity index (χ0n) is 5.99. The van der Waals surface area contributed by atoms with Gasteiger partial charge in [0.05, 0.1) is 0 Å². The van der Waals surface area contributed by atoms with Crippen molar-refractivity contribution in [3.05, 3.63) is 0 Å². The van der Waals surface area contributed by atoms with Crippen LogP contribution in [-0.4, -0.2) is 0 Å². The molecule has 2 aliphatic carbocycles. The van der Waals surface area contributed by atoms with Gasteiger partial charge < -0.3 is 0 Å². The quantitative estimate of drug-likeness (QED) is 0.449. The minimum atomic E-state index is 0.729. The van der Waals surface area contributed by atoms with Crippen LogP contribution in [0.15, 0.2) is 0 Å². The molecule has 0 aromatic carbocycles. The fraction of sp³-hybridized carbons (Fsp3) is 1.00. The van der Waals surface area contributed by atoms with Gasteiger partial charge in [0.1, 0.15) is 0 Å². The van der Waals surface area contributed by atoms with E-state index in [-0.39, 0.29) is 0 Å². The second-order valence-electron chi connectivity index (χ2n) is 4.32. The van der Waals surface area contributed by atoms with Gasteiger partial charge >= 0.3 is 0 Å².